The van der Waals surface area contributed by atoms with Gasteiger partial charge in [-0.2, -0.15) is 0 Å². The third-order valence-corrected chi connectivity index (χ3v) is 5.52. The van der Waals surface area contributed by atoms with Crippen molar-refractivity contribution in [2.75, 3.05) is 26.2 Å². The number of hydrogen-bond donors (Lipinski definition) is 0. The molecule has 1 aromatic rings. The molecule has 1 saturated heterocycles. The standard InChI is InChI=1S/C15H20BrNO/c1-11-8-17(7-6-14(11)16)9-12-10-18-15-5-3-2-4-13(12)15/h2-5,11-12,14H,6-10H2,1H3. The predicted molar refractivity (Wildman–Crippen MR) is 77.6 cm³/mol. The van der Waals surface area contributed by atoms with E-state index in [1.807, 2.05) is 0 Å². The van der Waals surface area contributed by atoms with Crippen molar-refractivity contribution in [3.8, 4) is 5.75 Å². The first-order valence-corrected chi connectivity index (χ1v) is 7.74. The van der Waals surface area contributed by atoms with Crippen molar-refractivity contribution < 1.29 is 4.74 Å². The summed E-state index contributed by atoms with van der Waals surface area (Å²) in [4.78, 5) is 3.29. The van der Waals surface area contributed by atoms with E-state index in [1.165, 1.54) is 25.1 Å². The largest absolute Gasteiger partial charge is 0.493 e. The molecule has 2 aliphatic heterocycles. The van der Waals surface area contributed by atoms with E-state index in [4.69, 9.17) is 4.74 Å². The predicted octanol–water partition coefficient (Wildman–Crippen LogP) is 3.27. The molecule has 3 unspecified atom stereocenters. The van der Waals surface area contributed by atoms with Crippen molar-refractivity contribution >= 4 is 15.9 Å². The van der Waals surface area contributed by atoms with Gasteiger partial charge in [0.2, 0.25) is 0 Å². The lowest BCUT2D eigenvalue weighted by atomic mass is 9.96. The Morgan fingerprint density at radius 1 is 1.39 bits per heavy atom. The SMILES string of the molecule is CC1CN(CC2COc3ccccc32)CCC1Br. The number of halogens is 1. The summed E-state index contributed by atoms with van der Waals surface area (Å²) >= 11 is 3.77. The van der Waals surface area contributed by atoms with E-state index in [0.717, 1.165) is 24.8 Å². The molecule has 0 saturated carbocycles. The molecule has 0 radical (unpaired) electrons. The van der Waals surface area contributed by atoms with Crippen molar-refractivity contribution in [1.29, 1.82) is 0 Å². The van der Waals surface area contributed by atoms with Gasteiger partial charge >= 0.3 is 0 Å². The number of alkyl halides is 1. The summed E-state index contributed by atoms with van der Waals surface area (Å²) < 4.78 is 5.76. The lowest BCUT2D eigenvalue weighted by Gasteiger charge is -2.35. The van der Waals surface area contributed by atoms with Crippen LogP contribution in [0.5, 0.6) is 5.75 Å². The highest BCUT2D eigenvalue weighted by atomic mass is 79.9. The summed E-state index contributed by atoms with van der Waals surface area (Å²) in [6, 6.07) is 8.48. The van der Waals surface area contributed by atoms with Crippen LogP contribution in [0.4, 0.5) is 0 Å². The number of rotatable bonds is 2. The molecule has 3 heteroatoms. The zero-order valence-electron chi connectivity index (χ0n) is 10.8. The molecule has 2 aliphatic rings. The van der Waals surface area contributed by atoms with E-state index in [0.29, 0.717) is 10.7 Å². The fraction of sp³-hybridized carbons (Fsp3) is 0.600. The zero-order valence-corrected chi connectivity index (χ0v) is 12.4. The fourth-order valence-corrected chi connectivity index (χ4v) is 3.43. The molecule has 0 aromatic heterocycles. The Morgan fingerprint density at radius 2 is 2.22 bits per heavy atom. The van der Waals surface area contributed by atoms with Gasteiger partial charge in [-0.3, -0.25) is 0 Å². The highest BCUT2D eigenvalue weighted by Crippen LogP contribution is 2.35. The molecule has 3 rings (SSSR count). The van der Waals surface area contributed by atoms with Gasteiger partial charge in [-0.15, -0.1) is 0 Å². The third kappa shape index (κ3) is 2.43. The van der Waals surface area contributed by atoms with Gasteiger partial charge in [0.25, 0.3) is 0 Å². The lowest BCUT2D eigenvalue weighted by Crippen LogP contribution is -2.41. The van der Waals surface area contributed by atoms with Crippen LogP contribution in [-0.4, -0.2) is 36.0 Å². The molecule has 0 amide bonds. The average Bonchev–Trinajstić information content (AvgIpc) is 2.78. The minimum Gasteiger partial charge on any atom is -0.493 e. The van der Waals surface area contributed by atoms with Crippen LogP contribution in [0.1, 0.15) is 24.8 Å². The summed E-state index contributed by atoms with van der Waals surface area (Å²) in [7, 11) is 0. The molecular weight excluding hydrogens is 290 g/mol. The molecule has 0 spiro atoms. The van der Waals surface area contributed by atoms with Crippen LogP contribution in [-0.2, 0) is 0 Å². The van der Waals surface area contributed by atoms with Crippen LogP contribution in [0.25, 0.3) is 0 Å². The monoisotopic (exact) mass is 309 g/mol. The Hall–Kier alpha value is -0.540. The second-order valence-corrected chi connectivity index (χ2v) is 6.76. The van der Waals surface area contributed by atoms with Gasteiger partial charge in [-0.1, -0.05) is 41.1 Å². The van der Waals surface area contributed by atoms with E-state index in [-0.39, 0.29) is 0 Å². The number of likely N-dealkylation sites (tertiary alicyclic amines) is 1. The second-order valence-electron chi connectivity index (χ2n) is 5.59. The summed E-state index contributed by atoms with van der Waals surface area (Å²) in [5, 5.41) is 0. The maximum Gasteiger partial charge on any atom is 0.122 e. The second kappa shape index (κ2) is 5.22. The highest BCUT2D eigenvalue weighted by Gasteiger charge is 2.29. The molecule has 3 atom stereocenters. The minimum atomic E-state index is 0.556. The normalized spacial score (nSPS) is 32.0. The lowest BCUT2D eigenvalue weighted by molar-refractivity contribution is 0.172. The molecule has 2 nitrogen and oxygen atoms in total. The summed E-state index contributed by atoms with van der Waals surface area (Å²) in [6.45, 7) is 6.74. The topological polar surface area (TPSA) is 12.5 Å². The first-order chi connectivity index (χ1) is 8.74. The maximum atomic E-state index is 5.76. The third-order valence-electron chi connectivity index (χ3n) is 4.16. The molecule has 18 heavy (non-hydrogen) atoms. The van der Waals surface area contributed by atoms with E-state index in [1.54, 1.807) is 0 Å². The van der Waals surface area contributed by atoms with Crippen molar-refractivity contribution in [3.05, 3.63) is 29.8 Å². The first kappa shape index (κ1) is 12.5. The number of nitrogens with zero attached hydrogens (tertiary/aromatic N) is 1. The summed E-state index contributed by atoms with van der Waals surface area (Å²) in [5.74, 6) is 2.39. The van der Waals surface area contributed by atoms with Crippen molar-refractivity contribution in [3.63, 3.8) is 0 Å². The van der Waals surface area contributed by atoms with Gasteiger partial charge in [0.15, 0.2) is 0 Å². The first-order valence-electron chi connectivity index (χ1n) is 6.82. The smallest absolute Gasteiger partial charge is 0.122 e. The Kier molecular flexibility index (Phi) is 3.62. The Bertz CT molecular complexity index is 423. The minimum absolute atomic E-state index is 0.556. The van der Waals surface area contributed by atoms with Crippen LogP contribution in [0.3, 0.4) is 0 Å². The van der Waals surface area contributed by atoms with Gasteiger partial charge in [-0.25, -0.2) is 0 Å². The van der Waals surface area contributed by atoms with E-state index >= 15 is 0 Å². The van der Waals surface area contributed by atoms with Crippen LogP contribution in [0.2, 0.25) is 0 Å². The number of fused-ring (bicyclic) bond motifs is 1. The number of para-hydroxylation sites is 1. The number of ether oxygens (including phenoxy) is 1. The van der Waals surface area contributed by atoms with Gasteiger partial charge in [-0.05, 0) is 24.9 Å². The van der Waals surface area contributed by atoms with Gasteiger partial charge < -0.3 is 9.64 Å². The molecule has 0 N–H and O–H groups in total. The number of benzene rings is 1. The van der Waals surface area contributed by atoms with E-state index < -0.39 is 0 Å². The van der Waals surface area contributed by atoms with Crippen LogP contribution >= 0.6 is 15.9 Å². The van der Waals surface area contributed by atoms with Gasteiger partial charge in [0.05, 0.1) is 6.61 Å². The van der Waals surface area contributed by atoms with Crippen LogP contribution < -0.4 is 4.74 Å². The average molecular weight is 310 g/mol. The molecule has 1 fully saturated rings. The summed E-state index contributed by atoms with van der Waals surface area (Å²) in [5.41, 5.74) is 1.39. The molecular formula is C15H20BrNO. The van der Waals surface area contributed by atoms with E-state index in [2.05, 4.69) is 52.0 Å². The van der Waals surface area contributed by atoms with Crippen molar-refractivity contribution in [2.24, 2.45) is 5.92 Å². The molecule has 1 aromatic carbocycles. The van der Waals surface area contributed by atoms with E-state index in [9.17, 15) is 0 Å². The molecule has 98 valence electrons. The highest BCUT2D eigenvalue weighted by molar-refractivity contribution is 9.09. The maximum absolute atomic E-state index is 5.76. The van der Waals surface area contributed by atoms with Crippen LogP contribution in [0, 0.1) is 5.92 Å². The van der Waals surface area contributed by atoms with Crippen LogP contribution in [0.15, 0.2) is 24.3 Å². The fourth-order valence-electron chi connectivity index (χ4n) is 3.06. The Balaban J connectivity index is 1.65. The van der Waals surface area contributed by atoms with Crippen molar-refractivity contribution in [1.82, 2.24) is 4.90 Å². The number of hydrogen-bond acceptors (Lipinski definition) is 2. The Labute approximate surface area is 117 Å². The molecule has 0 aliphatic carbocycles. The zero-order chi connectivity index (χ0) is 12.5. The van der Waals surface area contributed by atoms with Gasteiger partial charge in [0.1, 0.15) is 5.75 Å². The van der Waals surface area contributed by atoms with Gasteiger partial charge in [0, 0.05) is 29.4 Å². The molecule has 0 bridgehead atoms. The molecule has 2 heterocycles. The quantitative estimate of drug-likeness (QED) is 0.778. The summed E-state index contributed by atoms with van der Waals surface area (Å²) in [6.07, 6.45) is 1.26. The number of piperidine rings is 1. The Morgan fingerprint density at radius 3 is 3.06 bits per heavy atom. The van der Waals surface area contributed by atoms with Crippen molar-refractivity contribution in [2.45, 2.75) is 24.1 Å².